The molecule has 4 heterocycles. The lowest BCUT2D eigenvalue weighted by atomic mass is 9.98. The normalized spacial score (nSPS) is 11.8. The van der Waals surface area contributed by atoms with Crippen molar-refractivity contribution >= 4 is 65.3 Å². The molecule has 6 nitrogen and oxygen atoms in total. The van der Waals surface area contributed by atoms with E-state index in [0.29, 0.717) is 17.5 Å². The Bertz CT molecular complexity index is 3980. The summed E-state index contributed by atoms with van der Waals surface area (Å²) < 4.78 is 8.73. The minimum atomic E-state index is 0.553. The van der Waals surface area contributed by atoms with Crippen LogP contribution >= 0.6 is 0 Å². The number of rotatable bonds is 6. The van der Waals surface area contributed by atoms with E-state index in [1.54, 1.807) is 6.20 Å². The molecule has 64 heavy (non-hydrogen) atoms. The zero-order valence-corrected chi connectivity index (χ0v) is 34.4. The summed E-state index contributed by atoms with van der Waals surface area (Å²) in [5.74, 6) is 1.71. The van der Waals surface area contributed by atoms with E-state index in [2.05, 4.69) is 185 Å². The monoisotopic (exact) mass is 817 g/mol. The Hall–Kier alpha value is -8.74. The van der Waals surface area contributed by atoms with Gasteiger partial charge in [-0.1, -0.05) is 158 Å². The fourth-order valence-corrected chi connectivity index (χ4v) is 9.54. The maximum Gasteiger partial charge on any atom is 0.164 e. The number of hydrogen-bond acceptors (Lipinski definition) is 5. The van der Waals surface area contributed by atoms with Crippen LogP contribution in [0.15, 0.2) is 217 Å². The average molecular weight is 818 g/mol. The Morgan fingerprint density at radius 1 is 0.375 bits per heavy atom. The van der Waals surface area contributed by atoms with E-state index >= 15 is 0 Å². The highest BCUT2D eigenvalue weighted by Gasteiger charge is 2.21. The minimum Gasteiger partial charge on any atom is -0.456 e. The molecule has 0 aliphatic rings. The third-order valence-corrected chi connectivity index (χ3v) is 12.5. The topological polar surface area (TPSA) is 69.6 Å². The Morgan fingerprint density at radius 2 is 1.05 bits per heavy atom. The maximum atomic E-state index is 6.32. The van der Waals surface area contributed by atoms with Gasteiger partial charge in [-0.25, -0.2) is 15.0 Å². The highest BCUT2D eigenvalue weighted by molar-refractivity contribution is 6.18. The van der Waals surface area contributed by atoms with Gasteiger partial charge in [0, 0.05) is 61.7 Å². The zero-order chi connectivity index (χ0) is 42.1. The molecule has 6 heteroatoms. The highest BCUT2D eigenvalue weighted by atomic mass is 16.3. The molecule has 298 valence electrons. The Labute approximate surface area is 367 Å². The van der Waals surface area contributed by atoms with Crippen LogP contribution in [0.2, 0.25) is 0 Å². The van der Waals surface area contributed by atoms with E-state index in [0.717, 1.165) is 71.7 Å². The van der Waals surface area contributed by atoms with Gasteiger partial charge in [-0.2, -0.15) is 0 Å². The lowest BCUT2D eigenvalue weighted by molar-refractivity contribution is 0.668. The lowest BCUT2D eigenvalue weighted by Gasteiger charge is -2.15. The van der Waals surface area contributed by atoms with Gasteiger partial charge in [0.1, 0.15) is 11.2 Å². The van der Waals surface area contributed by atoms with Crippen LogP contribution in [-0.2, 0) is 0 Å². The van der Waals surface area contributed by atoms with Crippen molar-refractivity contribution in [1.82, 2.24) is 24.5 Å². The first kappa shape index (κ1) is 36.0. The summed E-state index contributed by atoms with van der Waals surface area (Å²) in [5.41, 5.74) is 12.0. The summed E-state index contributed by atoms with van der Waals surface area (Å²) >= 11 is 0. The van der Waals surface area contributed by atoms with E-state index < -0.39 is 0 Å². The molecule has 0 saturated heterocycles. The van der Waals surface area contributed by atoms with E-state index in [9.17, 15) is 0 Å². The van der Waals surface area contributed by atoms with Crippen LogP contribution in [0.3, 0.4) is 0 Å². The Balaban J connectivity index is 1.00. The van der Waals surface area contributed by atoms with Gasteiger partial charge in [-0.15, -0.1) is 0 Å². The van der Waals surface area contributed by atoms with Crippen LogP contribution in [0.1, 0.15) is 0 Å². The molecule has 0 spiro atoms. The Kier molecular flexibility index (Phi) is 8.11. The number of aromatic nitrogens is 5. The minimum absolute atomic E-state index is 0.553. The molecule has 0 aliphatic heterocycles. The van der Waals surface area contributed by atoms with E-state index in [1.807, 2.05) is 30.5 Å². The summed E-state index contributed by atoms with van der Waals surface area (Å²) in [6, 6.07) is 70.5. The summed E-state index contributed by atoms with van der Waals surface area (Å²) in [6.45, 7) is 0. The number of hydrogen-bond donors (Lipinski definition) is 0. The van der Waals surface area contributed by atoms with Crippen LogP contribution in [0.25, 0.3) is 127 Å². The smallest absolute Gasteiger partial charge is 0.164 e. The largest absolute Gasteiger partial charge is 0.456 e. The molecule has 0 unspecified atom stereocenters. The molecule has 0 amide bonds. The van der Waals surface area contributed by atoms with Gasteiger partial charge in [-0.05, 0) is 80.9 Å². The molecular formula is C58H35N5O. The van der Waals surface area contributed by atoms with Crippen LogP contribution in [0, 0.1) is 0 Å². The Morgan fingerprint density at radius 3 is 1.94 bits per heavy atom. The molecule has 0 radical (unpaired) electrons. The van der Waals surface area contributed by atoms with Gasteiger partial charge in [0.05, 0.1) is 11.0 Å². The molecule has 0 atom stereocenters. The third kappa shape index (κ3) is 5.81. The second-order valence-electron chi connectivity index (χ2n) is 16.2. The molecule has 4 aromatic heterocycles. The van der Waals surface area contributed by atoms with Crippen molar-refractivity contribution in [2.24, 2.45) is 0 Å². The average Bonchev–Trinajstić information content (AvgIpc) is 3.93. The van der Waals surface area contributed by atoms with Gasteiger partial charge in [0.15, 0.2) is 17.5 Å². The summed E-state index contributed by atoms with van der Waals surface area (Å²) in [4.78, 5) is 20.4. The van der Waals surface area contributed by atoms with Gasteiger partial charge < -0.3 is 8.98 Å². The molecule has 0 aliphatic carbocycles. The predicted molar refractivity (Wildman–Crippen MR) is 261 cm³/mol. The van der Waals surface area contributed by atoms with E-state index in [4.69, 9.17) is 19.4 Å². The van der Waals surface area contributed by atoms with E-state index in [1.165, 1.54) is 38.2 Å². The number of fused-ring (bicyclic) bond motifs is 9. The molecular weight excluding hydrogens is 783 g/mol. The van der Waals surface area contributed by atoms with Crippen molar-refractivity contribution < 1.29 is 4.42 Å². The molecule has 0 N–H and O–H groups in total. The van der Waals surface area contributed by atoms with Gasteiger partial charge in [0.25, 0.3) is 0 Å². The van der Waals surface area contributed by atoms with Crippen molar-refractivity contribution in [2.45, 2.75) is 0 Å². The van der Waals surface area contributed by atoms with Crippen LogP contribution in [-0.4, -0.2) is 24.5 Å². The van der Waals surface area contributed by atoms with E-state index in [-0.39, 0.29) is 0 Å². The van der Waals surface area contributed by atoms with Crippen LogP contribution in [0.5, 0.6) is 0 Å². The van der Waals surface area contributed by atoms with Gasteiger partial charge in [0.2, 0.25) is 0 Å². The first-order valence-electron chi connectivity index (χ1n) is 21.4. The molecule has 0 saturated carbocycles. The first-order chi connectivity index (χ1) is 31.7. The fraction of sp³-hybridized carbons (Fsp3) is 0. The van der Waals surface area contributed by atoms with Crippen LogP contribution in [0.4, 0.5) is 0 Å². The lowest BCUT2D eigenvalue weighted by Crippen LogP contribution is -2.01. The number of benzene rings is 9. The number of nitrogens with zero attached hydrogens (tertiary/aromatic N) is 5. The number of pyridine rings is 1. The summed E-state index contributed by atoms with van der Waals surface area (Å²) in [5, 5.41) is 8.95. The predicted octanol–water partition coefficient (Wildman–Crippen LogP) is 14.9. The van der Waals surface area contributed by atoms with Gasteiger partial charge >= 0.3 is 0 Å². The van der Waals surface area contributed by atoms with Gasteiger partial charge in [-0.3, -0.25) is 4.98 Å². The second-order valence-corrected chi connectivity index (χ2v) is 16.2. The highest BCUT2D eigenvalue weighted by Crippen LogP contribution is 2.40. The molecule has 9 aromatic carbocycles. The SMILES string of the molecule is c1ccc(-c2ccc3cc(-c4nc(-c5ccccc5-c5cccc(-n6c7ccccc7c7ccc8ccccc8c76)c5)nc(-c5cccc6oc7ccncc7c56)n4)ccc3c2)cc1. The van der Waals surface area contributed by atoms with Crippen LogP contribution < -0.4 is 0 Å². The summed E-state index contributed by atoms with van der Waals surface area (Å²) in [6.07, 6.45) is 3.60. The quantitative estimate of drug-likeness (QED) is 0.167. The molecule has 0 bridgehead atoms. The van der Waals surface area contributed by atoms with Crippen molar-refractivity contribution in [3.8, 4) is 62.1 Å². The number of para-hydroxylation sites is 1. The third-order valence-electron chi connectivity index (χ3n) is 12.5. The molecule has 0 fully saturated rings. The van der Waals surface area contributed by atoms with Crippen molar-refractivity contribution in [1.29, 1.82) is 0 Å². The zero-order valence-electron chi connectivity index (χ0n) is 34.4. The standard InChI is InChI=1S/C58H35N5O/c1-2-12-36(13-3-1)38-24-25-40-33-42(27-26-39(40)32-38)56-60-57(62-58(61-56)49-21-11-23-53-54(49)50-35-59-31-30-52(50)64-53)48-20-7-6-17-44(48)41-15-10-16-43(34-41)63-51-22-9-8-19-46(51)47-29-28-37-14-4-5-18-45(37)55(47)63/h1-35H. The van der Waals surface area contributed by atoms with Crippen molar-refractivity contribution in [2.75, 3.05) is 0 Å². The van der Waals surface area contributed by atoms with Crippen molar-refractivity contribution in [3.05, 3.63) is 213 Å². The maximum absolute atomic E-state index is 6.32. The second kappa shape index (κ2) is 14.4. The number of furan rings is 1. The molecule has 13 aromatic rings. The summed E-state index contributed by atoms with van der Waals surface area (Å²) in [7, 11) is 0. The molecule has 13 rings (SSSR count). The van der Waals surface area contributed by atoms with Crippen molar-refractivity contribution in [3.63, 3.8) is 0 Å². The first-order valence-corrected chi connectivity index (χ1v) is 21.4. The fourth-order valence-electron chi connectivity index (χ4n) is 9.54.